The second kappa shape index (κ2) is 7.45. The normalized spacial score (nSPS) is 10.8. The summed E-state index contributed by atoms with van der Waals surface area (Å²) in [6.45, 7) is 5.87. The molecule has 0 aliphatic heterocycles. The molecular weight excluding hydrogens is 292 g/mol. The molecule has 1 N–H and O–H groups in total. The van der Waals surface area contributed by atoms with Crippen molar-refractivity contribution in [3.8, 4) is 0 Å². The summed E-state index contributed by atoms with van der Waals surface area (Å²) in [5.74, 6) is -0.906. The van der Waals surface area contributed by atoms with Crippen molar-refractivity contribution >= 4 is 27.9 Å². The third-order valence-corrected chi connectivity index (χ3v) is 2.35. The van der Waals surface area contributed by atoms with Crippen molar-refractivity contribution in [2.75, 3.05) is 19.8 Å². The lowest BCUT2D eigenvalue weighted by molar-refractivity contribution is -0.153. The van der Waals surface area contributed by atoms with Gasteiger partial charge in [0.05, 0.1) is 12.0 Å². The Bertz CT molecular complexity index is 282. The zero-order valence-electron chi connectivity index (χ0n) is 9.99. The molecule has 0 rings (SSSR count). The molecule has 0 unspecified atom stereocenters. The zero-order chi connectivity index (χ0) is 13.5. The first-order valence-electron chi connectivity index (χ1n) is 5.02. The van der Waals surface area contributed by atoms with Gasteiger partial charge < -0.3 is 14.6 Å². The highest BCUT2D eigenvalue weighted by Gasteiger charge is 2.33. The van der Waals surface area contributed by atoms with E-state index in [-0.39, 0.29) is 19.8 Å². The molecule has 0 saturated heterocycles. The molecule has 0 aromatic carbocycles. The SMILES string of the molecule is C=C(Br)CC(CO)(COC(C)=O)COC(C)=O. The van der Waals surface area contributed by atoms with Gasteiger partial charge in [0.1, 0.15) is 13.2 Å². The van der Waals surface area contributed by atoms with Crippen LogP contribution in [0.1, 0.15) is 20.3 Å². The Labute approximate surface area is 109 Å². The Morgan fingerprint density at radius 1 is 1.24 bits per heavy atom. The van der Waals surface area contributed by atoms with Gasteiger partial charge in [-0.3, -0.25) is 9.59 Å². The highest BCUT2D eigenvalue weighted by molar-refractivity contribution is 9.11. The molecule has 0 aliphatic carbocycles. The Kier molecular flexibility index (Phi) is 7.06. The highest BCUT2D eigenvalue weighted by Crippen LogP contribution is 2.29. The average molecular weight is 309 g/mol. The number of rotatable bonds is 7. The van der Waals surface area contributed by atoms with Gasteiger partial charge in [-0.05, 0) is 10.9 Å². The summed E-state index contributed by atoms with van der Waals surface area (Å²) in [6, 6.07) is 0. The third kappa shape index (κ3) is 7.12. The van der Waals surface area contributed by atoms with Crippen LogP contribution in [-0.2, 0) is 19.1 Å². The number of aliphatic hydroxyl groups excluding tert-OH is 1. The average Bonchev–Trinajstić information content (AvgIpc) is 2.21. The molecule has 0 amide bonds. The lowest BCUT2D eigenvalue weighted by Gasteiger charge is -2.30. The van der Waals surface area contributed by atoms with E-state index in [2.05, 4.69) is 22.5 Å². The first-order valence-corrected chi connectivity index (χ1v) is 5.81. The molecule has 0 fully saturated rings. The predicted octanol–water partition coefficient (Wildman–Crippen LogP) is 1.39. The van der Waals surface area contributed by atoms with Crippen LogP contribution in [0.4, 0.5) is 0 Å². The monoisotopic (exact) mass is 308 g/mol. The van der Waals surface area contributed by atoms with Crippen LogP contribution in [0.25, 0.3) is 0 Å². The van der Waals surface area contributed by atoms with Crippen LogP contribution in [0.3, 0.4) is 0 Å². The topological polar surface area (TPSA) is 72.8 Å². The molecule has 0 atom stereocenters. The van der Waals surface area contributed by atoms with Crippen molar-refractivity contribution < 1.29 is 24.2 Å². The molecule has 0 saturated carbocycles. The summed E-state index contributed by atoms with van der Waals surface area (Å²) in [4.78, 5) is 21.6. The smallest absolute Gasteiger partial charge is 0.302 e. The third-order valence-electron chi connectivity index (χ3n) is 2.07. The number of ether oxygens (including phenoxy) is 2. The fourth-order valence-electron chi connectivity index (χ4n) is 1.21. The largest absolute Gasteiger partial charge is 0.465 e. The van der Waals surface area contributed by atoms with Gasteiger partial charge >= 0.3 is 11.9 Å². The number of carbonyl (C=O) groups is 2. The van der Waals surface area contributed by atoms with Crippen molar-refractivity contribution in [1.82, 2.24) is 0 Å². The van der Waals surface area contributed by atoms with E-state index in [4.69, 9.17) is 9.47 Å². The number of hydrogen-bond donors (Lipinski definition) is 1. The van der Waals surface area contributed by atoms with E-state index in [0.717, 1.165) is 0 Å². The second-order valence-electron chi connectivity index (χ2n) is 3.91. The molecular formula is C11H17BrO5. The van der Waals surface area contributed by atoms with Crippen LogP contribution >= 0.6 is 15.9 Å². The van der Waals surface area contributed by atoms with Gasteiger partial charge in [-0.15, -0.1) is 0 Å². The van der Waals surface area contributed by atoms with E-state index >= 15 is 0 Å². The first kappa shape index (κ1) is 16.1. The minimum absolute atomic E-state index is 0.0310. The van der Waals surface area contributed by atoms with Crippen LogP contribution in [0.15, 0.2) is 11.1 Å². The Balaban J connectivity index is 4.66. The summed E-state index contributed by atoms with van der Waals surface area (Å²) in [6.07, 6.45) is 0.337. The molecule has 0 aliphatic rings. The van der Waals surface area contributed by atoms with E-state index < -0.39 is 17.4 Å². The quantitative estimate of drug-likeness (QED) is 0.720. The van der Waals surface area contributed by atoms with Gasteiger partial charge in [0.15, 0.2) is 0 Å². The molecule has 0 heterocycles. The number of carbonyl (C=O) groups excluding carboxylic acids is 2. The molecule has 0 aromatic rings. The molecule has 0 spiro atoms. The summed E-state index contributed by atoms with van der Waals surface area (Å²) in [5.41, 5.74) is -0.849. The summed E-state index contributed by atoms with van der Waals surface area (Å²) in [7, 11) is 0. The first-order chi connectivity index (χ1) is 7.81. The Morgan fingerprint density at radius 3 is 1.88 bits per heavy atom. The van der Waals surface area contributed by atoms with Crippen LogP contribution < -0.4 is 0 Å². The lowest BCUT2D eigenvalue weighted by atomic mass is 9.87. The second-order valence-corrected chi connectivity index (χ2v) is 5.03. The number of hydrogen-bond acceptors (Lipinski definition) is 5. The van der Waals surface area contributed by atoms with Crippen molar-refractivity contribution in [3.63, 3.8) is 0 Å². The van der Waals surface area contributed by atoms with Gasteiger partial charge in [-0.1, -0.05) is 22.5 Å². The van der Waals surface area contributed by atoms with Crippen LogP contribution in [0.5, 0.6) is 0 Å². The standard InChI is InChI=1S/C11H17BrO5/c1-8(12)4-11(5-13,6-16-9(2)14)7-17-10(3)15/h13H,1,4-7H2,2-3H3. The molecule has 98 valence electrons. The zero-order valence-corrected chi connectivity index (χ0v) is 11.6. The van der Waals surface area contributed by atoms with Crippen LogP contribution in [-0.4, -0.2) is 36.9 Å². The number of aliphatic hydroxyl groups is 1. The maximum Gasteiger partial charge on any atom is 0.302 e. The fraction of sp³-hybridized carbons (Fsp3) is 0.636. The molecule has 6 heteroatoms. The summed E-state index contributed by atoms with van der Waals surface area (Å²) in [5, 5.41) is 9.41. The minimum atomic E-state index is -0.849. The predicted molar refractivity (Wildman–Crippen MR) is 65.5 cm³/mol. The number of halogens is 1. The van der Waals surface area contributed by atoms with Crippen molar-refractivity contribution in [2.24, 2.45) is 5.41 Å². The van der Waals surface area contributed by atoms with Crippen molar-refractivity contribution in [2.45, 2.75) is 20.3 Å². The van der Waals surface area contributed by atoms with E-state index in [1.54, 1.807) is 0 Å². The number of esters is 2. The van der Waals surface area contributed by atoms with Crippen molar-refractivity contribution in [1.29, 1.82) is 0 Å². The Morgan fingerprint density at radius 2 is 1.65 bits per heavy atom. The van der Waals surface area contributed by atoms with Gasteiger partial charge in [-0.25, -0.2) is 0 Å². The summed E-state index contributed by atoms with van der Waals surface area (Å²) < 4.78 is 10.4. The van der Waals surface area contributed by atoms with Crippen LogP contribution in [0.2, 0.25) is 0 Å². The number of allylic oxidation sites excluding steroid dienone is 1. The molecule has 17 heavy (non-hydrogen) atoms. The Hall–Kier alpha value is -0.880. The maximum atomic E-state index is 10.8. The van der Waals surface area contributed by atoms with Crippen molar-refractivity contribution in [3.05, 3.63) is 11.1 Å². The summed E-state index contributed by atoms with van der Waals surface area (Å²) >= 11 is 3.18. The molecule has 0 aromatic heterocycles. The van der Waals surface area contributed by atoms with Gasteiger partial charge in [0.2, 0.25) is 0 Å². The van der Waals surface area contributed by atoms with E-state index in [1.807, 2.05) is 0 Å². The van der Waals surface area contributed by atoms with Gasteiger partial charge in [-0.2, -0.15) is 0 Å². The molecule has 5 nitrogen and oxygen atoms in total. The van der Waals surface area contributed by atoms with Gasteiger partial charge in [0, 0.05) is 13.8 Å². The van der Waals surface area contributed by atoms with E-state index in [9.17, 15) is 14.7 Å². The highest BCUT2D eigenvalue weighted by atomic mass is 79.9. The lowest BCUT2D eigenvalue weighted by Crippen LogP contribution is -2.37. The molecule has 0 radical (unpaired) electrons. The van der Waals surface area contributed by atoms with Gasteiger partial charge in [0.25, 0.3) is 0 Å². The van der Waals surface area contributed by atoms with E-state index in [0.29, 0.717) is 10.9 Å². The fourth-order valence-corrected chi connectivity index (χ4v) is 1.80. The minimum Gasteiger partial charge on any atom is -0.465 e. The van der Waals surface area contributed by atoms with Crippen LogP contribution in [0, 0.1) is 5.41 Å². The van der Waals surface area contributed by atoms with E-state index in [1.165, 1.54) is 13.8 Å². The maximum absolute atomic E-state index is 10.8. The molecule has 0 bridgehead atoms.